The highest BCUT2D eigenvalue weighted by molar-refractivity contribution is 5.77. The Balaban J connectivity index is 1.27. The summed E-state index contributed by atoms with van der Waals surface area (Å²) in [4.78, 5) is 30.4. The van der Waals surface area contributed by atoms with E-state index in [9.17, 15) is 9.59 Å². The molecule has 4 N–H and O–H groups in total. The van der Waals surface area contributed by atoms with Crippen LogP contribution in [0.1, 0.15) is 44.1 Å². The summed E-state index contributed by atoms with van der Waals surface area (Å²) in [5.74, 6) is 3.01. The fourth-order valence-corrected chi connectivity index (χ4v) is 5.32. The molecule has 1 saturated heterocycles. The molecule has 0 aromatic carbocycles. The lowest BCUT2D eigenvalue weighted by atomic mass is 9.89. The molecule has 2 heterocycles. The van der Waals surface area contributed by atoms with Crippen LogP contribution in [0.3, 0.4) is 0 Å². The van der Waals surface area contributed by atoms with Gasteiger partial charge in [0.2, 0.25) is 5.91 Å². The average Bonchev–Trinajstić information content (AvgIpc) is 3.34. The van der Waals surface area contributed by atoms with Crippen LogP contribution >= 0.6 is 0 Å². The third kappa shape index (κ3) is 4.23. The first kappa shape index (κ1) is 19.0. The highest BCUT2D eigenvalue weighted by Gasteiger charge is 2.39. The number of hydrogen-bond acceptors (Lipinski definition) is 4. The van der Waals surface area contributed by atoms with Gasteiger partial charge in [-0.1, -0.05) is 12.5 Å². The van der Waals surface area contributed by atoms with E-state index in [2.05, 4.69) is 20.5 Å². The number of hydrogen-bond donors (Lipinski definition) is 3. The molecule has 7 heteroatoms. The predicted molar refractivity (Wildman–Crippen MR) is 108 cm³/mol. The summed E-state index contributed by atoms with van der Waals surface area (Å²) in [5, 5.41) is 6.04. The largest absolute Gasteiger partial charge is 0.369 e. The molecule has 3 aliphatic rings. The number of piperidine rings is 1. The Labute approximate surface area is 166 Å². The first-order valence-electron chi connectivity index (χ1n) is 10.6. The summed E-state index contributed by atoms with van der Waals surface area (Å²) in [5.41, 5.74) is 6.42. The molecule has 1 aromatic heterocycles. The Morgan fingerprint density at radius 2 is 1.96 bits per heavy atom. The van der Waals surface area contributed by atoms with Crippen molar-refractivity contribution in [2.45, 2.75) is 45.1 Å². The molecule has 0 radical (unpaired) electrons. The van der Waals surface area contributed by atoms with Crippen molar-refractivity contribution in [3.63, 3.8) is 0 Å². The van der Waals surface area contributed by atoms with Gasteiger partial charge < -0.3 is 21.3 Å². The van der Waals surface area contributed by atoms with Crippen molar-refractivity contribution in [3.05, 3.63) is 23.9 Å². The van der Waals surface area contributed by atoms with Crippen molar-refractivity contribution in [2.75, 3.05) is 24.5 Å². The maximum atomic E-state index is 12.3. The molecule has 1 aromatic rings. The summed E-state index contributed by atoms with van der Waals surface area (Å²) < 4.78 is 0. The van der Waals surface area contributed by atoms with Crippen molar-refractivity contribution in [1.29, 1.82) is 0 Å². The molecule has 3 fully saturated rings. The molecule has 3 amide bonds. The predicted octanol–water partition coefficient (Wildman–Crippen LogP) is 2.02. The number of aromatic nitrogens is 1. The molecular formula is C21H31N5O2. The van der Waals surface area contributed by atoms with E-state index in [1.807, 2.05) is 12.1 Å². The number of nitrogens with zero attached hydrogens (tertiary/aromatic N) is 2. The van der Waals surface area contributed by atoms with E-state index in [-0.39, 0.29) is 17.9 Å². The van der Waals surface area contributed by atoms with E-state index in [1.54, 1.807) is 6.20 Å². The van der Waals surface area contributed by atoms with E-state index < -0.39 is 0 Å². The van der Waals surface area contributed by atoms with Gasteiger partial charge in [-0.3, -0.25) is 4.79 Å². The van der Waals surface area contributed by atoms with Crippen molar-refractivity contribution >= 4 is 17.8 Å². The summed E-state index contributed by atoms with van der Waals surface area (Å²) in [6.07, 6.45) is 8.64. The van der Waals surface area contributed by atoms with Gasteiger partial charge in [-0.15, -0.1) is 0 Å². The minimum absolute atomic E-state index is 0.0434. The Bertz CT molecular complexity index is 717. The molecule has 2 saturated carbocycles. The highest BCUT2D eigenvalue weighted by Crippen LogP contribution is 2.47. The van der Waals surface area contributed by atoms with Crippen molar-refractivity contribution < 1.29 is 9.59 Å². The Kier molecular flexibility index (Phi) is 5.69. The van der Waals surface area contributed by atoms with Crippen LogP contribution < -0.4 is 21.3 Å². The number of primary amides is 1. The number of rotatable bonds is 6. The van der Waals surface area contributed by atoms with Crippen LogP contribution in [-0.2, 0) is 11.3 Å². The van der Waals surface area contributed by atoms with Gasteiger partial charge in [0, 0.05) is 43.9 Å². The second-order valence-electron chi connectivity index (χ2n) is 8.65. The second-order valence-corrected chi connectivity index (χ2v) is 8.65. The summed E-state index contributed by atoms with van der Waals surface area (Å²) in [6, 6.07) is 3.78. The van der Waals surface area contributed by atoms with Crippen LogP contribution in [0, 0.1) is 23.7 Å². The third-order valence-corrected chi connectivity index (χ3v) is 6.91. The number of pyridine rings is 1. The Hall–Kier alpha value is -2.31. The number of carbonyl (C=O) groups excluding carboxylic acids is 2. The van der Waals surface area contributed by atoms with Gasteiger partial charge >= 0.3 is 6.03 Å². The molecule has 1 aliphatic heterocycles. The van der Waals surface area contributed by atoms with Crippen LogP contribution in [0.15, 0.2) is 18.3 Å². The topological polar surface area (TPSA) is 100 Å². The molecule has 0 spiro atoms. The quantitative estimate of drug-likeness (QED) is 0.697. The first-order chi connectivity index (χ1) is 13.6. The first-order valence-corrected chi connectivity index (χ1v) is 10.6. The van der Waals surface area contributed by atoms with Crippen LogP contribution in [0.2, 0.25) is 0 Å². The van der Waals surface area contributed by atoms with Gasteiger partial charge in [0.25, 0.3) is 0 Å². The number of amides is 3. The van der Waals surface area contributed by atoms with Crippen LogP contribution in [0.5, 0.6) is 0 Å². The van der Waals surface area contributed by atoms with Gasteiger partial charge in [0.15, 0.2) is 0 Å². The molecular weight excluding hydrogens is 354 g/mol. The van der Waals surface area contributed by atoms with Crippen molar-refractivity contribution in [3.8, 4) is 0 Å². The van der Waals surface area contributed by atoms with Crippen molar-refractivity contribution in [1.82, 2.24) is 15.6 Å². The van der Waals surface area contributed by atoms with Gasteiger partial charge in [-0.25, -0.2) is 9.78 Å². The van der Waals surface area contributed by atoms with Crippen LogP contribution in [-0.4, -0.2) is 36.6 Å². The van der Waals surface area contributed by atoms with Gasteiger partial charge in [-0.05, 0) is 55.9 Å². The molecule has 28 heavy (non-hydrogen) atoms. The lowest BCUT2D eigenvalue weighted by molar-refractivity contribution is -0.122. The zero-order valence-electron chi connectivity index (χ0n) is 16.4. The minimum atomic E-state index is -0.213. The number of nitrogens with two attached hydrogens (primary N) is 1. The zero-order chi connectivity index (χ0) is 19.5. The fraction of sp³-hybridized carbons (Fsp3) is 0.667. The van der Waals surface area contributed by atoms with Gasteiger partial charge in [-0.2, -0.15) is 0 Å². The average molecular weight is 386 g/mol. The molecule has 7 nitrogen and oxygen atoms in total. The van der Waals surface area contributed by atoms with E-state index >= 15 is 0 Å². The molecule has 2 bridgehead atoms. The Morgan fingerprint density at radius 3 is 2.64 bits per heavy atom. The number of nitrogens with one attached hydrogen (secondary N) is 2. The second kappa shape index (κ2) is 8.37. The molecule has 2 aliphatic carbocycles. The number of urea groups is 1. The standard InChI is InChI=1S/C21H31N5O2/c22-19(27)15-5-8-26(9-6-15)20-17(2-1-7-23-20)12-24-21(28)25-13-18-11-14-3-4-16(18)10-14/h1-2,7,14-16,18H,3-6,8-13H2,(H2,22,27)(H2,24,25,28). The number of carbonyl (C=O) groups is 2. The summed E-state index contributed by atoms with van der Waals surface area (Å²) >= 11 is 0. The van der Waals surface area contributed by atoms with Crippen molar-refractivity contribution in [2.24, 2.45) is 29.4 Å². The number of fused-ring (bicyclic) bond motifs is 2. The fourth-order valence-electron chi connectivity index (χ4n) is 5.32. The maximum Gasteiger partial charge on any atom is 0.315 e. The van der Waals surface area contributed by atoms with E-state index in [4.69, 9.17) is 5.73 Å². The van der Waals surface area contributed by atoms with Gasteiger partial charge in [0.05, 0.1) is 0 Å². The molecule has 3 unspecified atom stereocenters. The lowest BCUT2D eigenvalue weighted by Gasteiger charge is -2.32. The summed E-state index contributed by atoms with van der Waals surface area (Å²) in [6.45, 7) is 2.75. The summed E-state index contributed by atoms with van der Waals surface area (Å²) in [7, 11) is 0. The highest BCUT2D eigenvalue weighted by atomic mass is 16.2. The monoisotopic (exact) mass is 385 g/mol. The SMILES string of the molecule is NC(=O)C1CCN(c2ncccc2CNC(=O)NCC2CC3CCC2C3)CC1. The van der Waals surface area contributed by atoms with E-state index in [0.717, 1.165) is 55.7 Å². The van der Waals surface area contributed by atoms with E-state index in [0.29, 0.717) is 12.5 Å². The lowest BCUT2D eigenvalue weighted by Crippen LogP contribution is -2.41. The molecule has 152 valence electrons. The smallest absolute Gasteiger partial charge is 0.315 e. The van der Waals surface area contributed by atoms with E-state index in [1.165, 1.54) is 25.7 Å². The number of anilines is 1. The minimum Gasteiger partial charge on any atom is -0.369 e. The zero-order valence-corrected chi connectivity index (χ0v) is 16.4. The maximum absolute atomic E-state index is 12.3. The Morgan fingerprint density at radius 1 is 1.14 bits per heavy atom. The molecule has 3 atom stereocenters. The van der Waals surface area contributed by atoms with Crippen LogP contribution in [0.25, 0.3) is 0 Å². The normalized spacial score (nSPS) is 27.0. The van der Waals surface area contributed by atoms with Crippen LogP contribution in [0.4, 0.5) is 10.6 Å². The molecule has 4 rings (SSSR count). The third-order valence-electron chi connectivity index (χ3n) is 6.91. The van der Waals surface area contributed by atoms with Gasteiger partial charge in [0.1, 0.15) is 5.82 Å².